The van der Waals surface area contributed by atoms with Gasteiger partial charge in [0.1, 0.15) is 13.2 Å². The molecule has 0 aromatic carbocycles. The van der Waals surface area contributed by atoms with Crippen molar-refractivity contribution in [1.29, 1.82) is 0 Å². The number of carbonyl (C=O) groups is 1. The highest BCUT2D eigenvalue weighted by Gasteiger charge is 2.28. The zero-order chi connectivity index (χ0) is 14.6. The van der Waals surface area contributed by atoms with Crippen LogP contribution in [0.2, 0.25) is 0 Å². The maximum absolute atomic E-state index is 12.4. The lowest BCUT2D eigenvalue weighted by molar-refractivity contribution is -0.392. The Kier molecular flexibility index (Phi) is 4.46. The SMILES string of the molecule is O=C(Cn1ccc(CF)c1[N+](=O)[O-])NCC(F)(F)F. The second-order valence-corrected chi connectivity index (χ2v) is 3.58. The van der Waals surface area contributed by atoms with Gasteiger partial charge in [0.05, 0.1) is 11.8 Å². The Morgan fingerprint density at radius 3 is 2.58 bits per heavy atom. The van der Waals surface area contributed by atoms with Crippen molar-refractivity contribution >= 4 is 11.7 Å². The molecule has 1 aromatic heterocycles. The zero-order valence-corrected chi connectivity index (χ0v) is 9.41. The molecule has 0 radical (unpaired) electrons. The molecule has 1 rings (SSSR count). The normalized spacial score (nSPS) is 11.4. The summed E-state index contributed by atoms with van der Waals surface area (Å²) in [5.74, 6) is -1.70. The molecule has 1 N–H and O–H groups in total. The second-order valence-electron chi connectivity index (χ2n) is 3.58. The molecule has 106 valence electrons. The average molecular weight is 283 g/mol. The van der Waals surface area contributed by atoms with Crippen molar-refractivity contribution in [1.82, 2.24) is 9.88 Å². The lowest BCUT2D eigenvalue weighted by Gasteiger charge is -2.08. The summed E-state index contributed by atoms with van der Waals surface area (Å²) in [7, 11) is 0. The first-order valence-corrected chi connectivity index (χ1v) is 4.96. The molecule has 0 atom stereocenters. The van der Waals surface area contributed by atoms with Gasteiger partial charge in [-0.05, 0) is 11.0 Å². The van der Waals surface area contributed by atoms with E-state index in [2.05, 4.69) is 0 Å². The van der Waals surface area contributed by atoms with Gasteiger partial charge in [-0.25, -0.2) is 8.96 Å². The van der Waals surface area contributed by atoms with E-state index in [1.54, 1.807) is 5.32 Å². The summed E-state index contributed by atoms with van der Waals surface area (Å²) in [6.07, 6.45) is -3.50. The number of rotatable bonds is 5. The van der Waals surface area contributed by atoms with Gasteiger partial charge in [0.15, 0.2) is 6.54 Å². The lowest BCUT2D eigenvalue weighted by atomic mass is 10.3. The third kappa shape index (κ3) is 4.23. The van der Waals surface area contributed by atoms with Crippen LogP contribution in [0.1, 0.15) is 5.56 Å². The number of nitrogens with zero attached hydrogens (tertiary/aromatic N) is 2. The molecule has 0 bridgehead atoms. The van der Waals surface area contributed by atoms with Crippen molar-refractivity contribution in [2.75, 3.05) is 6.54 Å². The quantitative estimate of drug-likeness (QED) is 0.506. The Morgan fingerprint density at radius 1 is 1.47 bits per heavy atom. The molecule has 0 aliphatic heterocycles. The van der Waals surface area contributed by atoms with Crippen LogP contribution >= 0.6 is 0 Å². The minimum Gasteiger partial charge on any atom is -0.358 e. The molecule has 1 amide bonds. The summed E-state index contributed by atoms with van der Waals surface area (Å²) in [4.78, 5) is 21.0. The largest absolute Gasteiger partial charge is 0.405 e. The Bertz CT molecular complexity index is 484. The smallest absolute Gasteiger partial charge is 0.358 e. The summed E-state index contributed by atoms with van der Waals surface area (Å²) >= 11 is 0. The number of hydrogen-bond donors (Lipinski definition) is 1. The summed E-state index contributed by atoms with van der Waals surface area (Å²) < 4.78 is 48.7. The Balaban J connectivity index is 2.75. The summed E-state index contributed by atoms with van der Waals surface area (Å²) in [5, 5.41) is 12.2. The summed E-state index contributed by atoms with van der Waals surface area (Å²) in [5.41, 5.74) is -0.242. The standard InChI is InChI=1S/C9H9F4N3O3/c10-3-6-1-2-15(8(6)16(18)19)4-7(17)14-5-9(11,12)13/h1-2H,3-5H2,(H,14,17). The number of aromatic nitrogens is 1. The predicted molar refractivity (Wildman–Crippen MR) is 55.0 cm³/mol. The van der Waals surface area contributed by atoms with Crippen LogP contribution in [0.25, 0.3) is 0 Å². The number of hydrogen-bond acceptors (Lipinski definition) is 3. The number of carbonyl (C=O) groups excluding carboxylic acids is 1. The Labute approximate surface area is 104 Å². The van der Waals surface area contributed by atoms with E-state index in [1.165, 1.54) is 0 Å². The molecule has 0 saturated carbocycles. The third-order valence-electron chi connectivity index (χ3n) is 2.13. The van der Waals surface area contributed by atoms with E-state index in [1.807, 2.05) is 0 Å². The average Bonchev–Trinajstić information content (AvgIpc) is 2.68. The molecule has 0 saturated heterocycles. The monoisotopic (exact) mass is 283 g/mol. The van der Waals surface area contributed by atoms with Gasteiger partial charge in [0.25, 0.3) is 5.91 Å². The number of nitro groups is 1. The van der Waals surface area contributed by atoms with E-state index in [4.69, 9.17) is 0 Å². The van der Waals surface area contributed by atoms with Crippen LogP contribution in [0.5, 0.6) is 0 Å². The van der Waals surface area contributed by atoms with E-state index >= 15 is 0 Å². The molecule has 1 aromatic rings. The van der Waals surface area contributed by atoms with E-state index < -0.39 is 42.6 Å². The fraction of sp³-hybridized carbons (Fsp3) is 0.444. The van der Waals surface area contributed by atoms with Gasteiger partial charge in [-0.2, -0.15) is 13.2 Å². The molecular weight excluding hydrogens is 274 g/mol. The molecule has 0 aliphatic carbocycles. The number of halogens is 4. The maximum atomic E-state index is 12.4. The number of nitrogens with one attached hydrogen (secondary N) is 1. The van der Waals surface area contributed by atoms with Gasteiger partial charge in [-0.1, -0.05) is 0 Å². The Morgan fingerprint density at radius 2 is 2.11 bits per heavy atom. The van der Waals surface area contributed by atoms with E-state index in [9.17, 15) is 32.5 Å². The predicted octanol–water partition coefficient (Wildman–Crippen LogP) is 1.54. The van der Waals surface area contributed by atoms with Crippen molar-refractivity contribution < 1.29 is 27.3 Å². The van der Waals surface area contributed by atoms with Crippen LogP contribution in [-0.2, 0) is 18.0 Å². The Hall–Kier alpha value is -2.13. The molecule has 0 unspecified atom stereocenters. The van der Waals surface area contributed by atoms with Crippen LogP contribution in [0, 0.1) is 10.1 Å². The van der Waals surface area contributed by atoms with Gasteiger partial charge in [-0.15, -0.1) is 0 Å². The molecule has 10 heteroatoms. The number of amides is 1. The fourth-order valence-electron chi connectivity index (χ4n) is 1.37. The highest BCUT2D eigenvalue weighted by molar-refractivity contribution is 5.76. The maximum Gasteiger partial charge on any atom is 0.405 e. The first-order valence-electron chi connectivity index (χ1n) is 4.96. The van der Waals surface area contributed by atoms with Crippen molar-refractivity contribution in [2.24, 2.45) is 0 Å². The second kappa shape index (κ2) is 5.67. The molecule has 19 heavy (non-hydrogen) atoms. The summed E-state index contributed by atoms with van der Waals surface area (Å²) in [6, 6.07) is 1.09. The van der Waals surface area contributed by atoms with E-state index in [-0.39, 0.29) is 5.56 Å². The highest BCUT2D eigenvalue weighted by atomic mass is 19.4. The first-order chi connectivity index (χ1) is 8.74. The topological polar surface area (TPSA) is 77.2 Å². The molecular formula is C9H9F4N3O3. The van der Waals surface area contributed by atoms with E-state index in [0.717, 1.165) is 16.8 Å². The molecule has 0 aliphatic rings. The fourth-order valence-corrected chi connectivity index (χ4v) is 1.37. The zero-order valence-electron chi connectivity index (χ0n) is 9.41. The van der Waals surface area contributed by atoms with Gasteiger partial charge in [-0.3, -0.25) is 4.79 Å². The van der Waals surface area contributed by atoms with Crippen molar-refractivity contribution in [3.05, 3.63) is 27.9 Å². The van der Waals surface area contributed by atoms with Gasteiger partial charge in [0.2, 0.25) is 0 Å². The van der Waals surface area contributed by atoms with Crippen molar-refractivity contribution in [2.45, 2.75) is 19.4 Å². The lowest BCUT2D eigenvalue weighted by Crippen LogP contribution is -2.35. The molecule has 0 fully saturated rings. The van der Waals surface area contributed by atoms with Gasteiger partial charge >= 0.3 is 12.0 Å². The van der Waals surface area contributed by atoms with Crippen LogP contribution < -0.4 is 5.32 Å². The van der Waals surface area contributed by atoms with Crippen molar-refractivity contribution in [3.8, 4) is 0 Å². The molecule has 1 heterocycles. The summed E-state index contributed by atoms with van der Waals surface area (Å²) in [6.45, 7) is -3.32. The van der Waals surface area contributed by atoms with E-state index in [0.29, 0.717) is 0 Å². The van der Waals surface area contributed by atoms with Crippen LogP contribution in [0.15, 0.2) is 12.3 Å². The van der Waals surface area contributed by atoms with Crippen LogP contribution in [0.4, 0.5) is 23.4 Å². The van der Waals surface area contributed by atoms with Crippen LogP contribution in [-0.4, -0.2) is 28.1 Å². The minimum atomic E-state index is -4.57. The minimum absolute atomic E-state index is 0.242. The molecule has 0 spiro atoms. The van der Waals surface area contributed by atoms with Crippen LogP contribution in [0.3, 0.4) is 0 Å². The highest BCUT2D eigenvalue weighted by Crippen LogP contribution is 2.21. The number of alkyl halides is 4. The third-order valence-corrected chi connectivity index (χ3v) is 2.13. The molecule has 6 nitrogen and oxygen atoms in total. The van der Waals surface area contributed by atoms with Crippen molar-refractivity contribution in [3.63, 3.8) is 0 Å². The van der Waals surface area contributed by atoms with Gasteiger partial charge in [0, 0.05) is 0 Å². The van der Waals surface area contributed by atoms with Gasteiger partial charge < -0.3 is 15.4 Å². The first kappa shape index (κ1) is 14.9.